The molecule has 0 saturated carbocycles. The molecular weight excluding hydrogens is 853 g/mol. The van der Waals surface area contributed by atoms with E-state index in [0.29, 0.717) is 62.4 Å². The molecule has 0 aliphatic heterocycles. The number of rotatable bonds is 13. The van der Waals surface area contributed by atoms with Crippen LogP contribution >= 0.6 is 23.2 Å². The molecule has 0 atom stereocenters. The second kappa shape index (κ2) is 18.6. The number of hydrogen-bond donors (Lipinski definition) is 3. The zero-order chi connectivity index (χ0) is 45.0. The third-order valence-corrected chi connectivity index (χ3v) is 10.5. The lowest BCUT2D eigenvalue weighted by Crippen LogP contribution is -2.24. The highest BCUT2D eigenvalue weighted by Crippen LogP contribution is 2.35. The first-order valence-electron chi connectivity index (χ1n) is 20.1. The van der Waals surface area contributed by atoms with Gasteiger partial charge in [0.2, 0.25) is 0 Å². The van der Waals surface area contributed by atoms with Crippen molar-refractivity contribution in [1.29, 1.82) is 0 Å². The molecule has 0 aliphatic carbocycles. The highest BCUT2D eigenvalue weighted by molar-refractivity contribution is 6.31. The number of fused-ring (bicyclic) bond motifs is 2. The molecule has 0 aliphatic rings. The number of nitrogens with one attached hydrogen (secondary N) is 3. The number of hydrogen-bond acceptors (Lipinski definition) is 12. The number of likely N-dealkylation sites (N-methyl/N-ethyl adjacent to an activating group) is 1. The lowest BCUT2D eigenvalue weighted by molar-refractivity contribution is 0.0469. The van der Waals surface area contributed by atoms with Crippen molar-refractivity contribution in [3.05, 3.63) is 154 Å². The number of benzene rings is 4. The van der Waals surface area contributed by atoms with E-state index in [1.54, 1.807) is 47.1 Å². The number of carbonyl (C=O) groups excluding carboxylic acids is 3. The van der Waals surface area contributed by atoms with E-state index in [-0.39, 0.29) is 29.6 Å². The largest absolute Gasteiger partial charge is 0.461 e. The van der Waals surface area contributed by atoms with E-state index in [9.17, 15) is 14.4 Å². The topological polar surface area (TPSA) is 182 Å². The number of esters is 1. The van der Waals surface area contributed by atoms with Crippen molar-refractivity contribution >= 4 is 85.9 Å². The maximum Gasteiger partial charge on any atom is 0.339 e. The first-order valence-corrected chi connectivity index (χ1v) is 20.9. The number of amides is 2. The average Bonchev–Trinajstić information content (AvgIpc) is 3.69. The molecule has 0 radical (unpaired) electrons. The smallest absolute Gasteiger partial charge is 0.339 e. The first kappa shape index (κ1) is 43.3. The Bertz CT molecular complexity index is 3010. The minimum absolute atomic E-state index is 0.0728. The number of pyridine rings is 1. The van der Waals surface area contributed by atoms with Gasteiger partial charge < -0.3 is 20.7 Å². The Morgan fingerprint density at radius 3 is 2.22 bits per heavy atom. The van der Waals surface area contributed by atoms with Crippen molar-refractivity contribution in [2.24, 2.45) is 0 Å². The fourth-order valence-electron chi connectivity index (χ4n) is 6.82. The fraction of sp³-hybridized carbons (Fsp3) is 0.170. The molecule has 0 saturated heterocycles. The molecular formula is C47H41Cl2N11O4. The third-order valence-electron chi connectivity index (χ3n) is 10.0. The zero-order valence-electron chi connectivity index (χ0n) is 35.1. The van der Waals surface area contributed by atoms with E-state index < -0.39 is 17.4 Å². The molecule has 15 nitrogen and oxygen atoms in total. The summed E-state index contributed by atoms with van der Waals surface area (Å²) in [7, 11) is 1.90. The van der Waals surface area contributed by atoms with Crippen LogP contribution in [0.15, 0.2) is 122 Å². The van der Waals surface area contributed by atoms with Gasteiger partial charge in [-0.1, -0.05) is 53.5 Å². The monoisotopic (exact) mass is 893 g/mol. The molecule has 64 heavy (non-hydrogen) atoms. The highest BCUT2D eigenvalue weighted by atomic mass is 35.5. The van der Waals surface area contributed by atoms with Crippen LogP contribution < -0.4 is 16.0 Å². The van der Waals surface area contributed by atoms with Gasteiger partial charge in [0.25, 0.3) is 11.8 Å². The predicted molar refractivity (Wildman–Crippen MR) is 248 cm³/mol. The predicted octanol–water partition coefficient (Wildman–Crippen LogP) is 9.43. The molecule has 322 valence electrons. The summed E-state index contributed by atoms with van der Waals surface area (Å²) >= 11 is 12.3. The van der Waals surface area contributed by atoms with Crippen LogP contribution in [0, 0.1) is 0 Å². The van der Waals surface area contributed by atoms with Crippen molar-refractivity contribution in [3.8, 4) is 11.3 Å². The summed E-state index contributed by atoms with van der Waals surface area (Å²) in [6, 6.07) is 30.2. The Morgan fingerprint density at radius 2 is 1.48 bits per heavy atom. The second-order valence-corrected chi connectivity index (χ2v) is 16.7. The standard InChI is InChI=1S/C47H41Cl2N11O4/c1-47(2,3)60-43-39(40(58-60)29-12-15-32(48)16-13-29)42(53-27-54-43)57-45(62)38-18-14-31(24-50-38)46(63)64-21-20-59(4)25-28-8-10-30(11-9-28)44(61)56-35-17-19-37-36(23-35)41(52-26-51-37)55-34-7-5-6-33(49)22-34/h5-19,22-24,26-27H,20-21,25H2,1-4H3,(H,56,61)(H,51,52,55)(H,53,54,57,62). The van der Waals surface area contributed by atoms with E-state index in [2.05, 4.69) is 40.9 Å². The fourth-order valence-corrected chi connectivity index (χ4v) is 7.13. The quantitative estimate of drug-likeness (QED) is 0.0934. The average molecular weight is 895 g/mol. The molecule has 0 bridgehead atoms. The van der Waals surface area contributed by atoms with Crippen LogP contribution in [0.3, 0.4) is 0 Å². The SMILES string of the molecule is CN(CCOC(=O)c1ccc(C(=O)Nc2ncnc3c2c(-c2ccc(Cl)cc2)nn3C(C)(C)C)nc1)Cc1ccc(C(=O)Nc2ccc3ncnc(Nc4cccc(Cl)c4)c3c2)cc1. The van der Waals surface area contributed by atoms with Gasteiger partial charge >= 0.3 is 5.97 Å². The van der Waals surface area contributed by atoms with Crippen molar-refractivity contribution in [2.45, 2.75) is 32.9 Å². The van der Waals surface area contributed by atoms with Crippen LogP contribution in [0.25, 0.3) is 33.2 Å². The maximum atomic E-state index is 13.4. The van der Waals surface area contributed by atoms with Crippen LogP contribution in [-0.2, 0) is 16.8 Å². The zero-order valence-corrected chi connectivity index (χ0v) is 36.6. The molecule has 8 aromatic rings. The molecule has 0 spiro atoms. The summed E-state index contributed by atoms with van der Waals surface area (Å²) in [5.41, 5.74) is 5.29. The third kappa shape index (κ3) is 9.97. The second-order valence-electron chi connectivity index (χ2n) is 15.9. The Kier molecular flexibility index (Phi) is 12.6. The summed E-state index contributed by atoms with van der Waals surface area (Å²) in [4.78, 5) is 63.4. The highest BCUT2D eigenvalue weighted by Gasteiger charge is 2.26. The number of nitrogens with zero attached hydrogens (tertiary/aromatic N) is 8. The van der Waals surface area contributed by atoms with Crippen molar-refractivity contribution in [1.82, 2.24) is 39.6 Å². The van der Waals surface area contributed by atoms with E-state index in [0.717, 1.165) is 22.2 Å². The summed E-state index contributed by atoms with van der Waals surface area (Å²) in [6.45, 7) is 7.14. The van der Waals surface area contributed by atoms with Gasteiger partial charge in [-0.15, -0.1) is 0 Å². The lowest BCUT2D eigenvalue weighted by atomic mass is 10.1. The van der Waals surface area contributed by atoms with E-state index >= 15 is 0 Å². The minimum Gasteiger partial charge on any atom is -0.461 e. The lowest BCUT2D eigenvalue weighted by Gasteiger charge is -2.19. The number of aromatic nitrogens is 7. The molecule has 17 heteroatoms. The van der Waals surface area contributed by atoms with Gasteiger partial charge in [0.15, 0.2) is 5.65 Å². The van der Waals surface area contributed by atoms with E-state index in [1.165, 1.54) is 31.0 Å². The van der Waals surface area contributed by atoms with Crippen LogP contribution in [0.4, 0.5) is 23.0 Å². The molecule has 3 N–H and O–H groups in total. The Labute approximate surface area is 377 Å². The Hall–Kier alpha value is -7.33. The van der Waals surface area contributed by atoms with Crippen LogP contribution in [0.2, 0.25) is 10.0 Å². The molecule has 8 rings (SSSR count). The van der Waals surface area contributed by atoms with Gasteiger partial charge in [-0.25, -0.2) is 29.4 Å². The van der Waals surface area contributed by atoms with Crippen LogP contribution in [-0.4, -0.2) is 77.6 Å². The molecule has 0 fully saturated rings. The molecule has 2 amide bonds. The summed E-state index contributed by atoms with van der Waals surface area (Å²) in [6.07, 6.45) is 4.15. The number of anilines is 4. The molecule has 4 heterocycles. The molecule has 4 aromatic heterocycles. The molecule has 4 aromatic carbocycles. The first-order chi connectivity index (χ1) is 30.8. The van der Waals surface area contributed by atoms with Crippen molar-refractivity contribution in [3.63, 3.8) is 0 Å². The van der Waals surface area contributed by atoms with Gasteiger partial charge in [-0.3, -0.25) is 19.5 Å². The van der Waals surface area contributed by atoms with Crippen LogP contribution in [0.1, 0.15) is 57.5 Å². The van der Waals surface area contributed by atoms with E-state index in [1.807, 2.05) is 81.2 Å². The van der Waals surface area contributed by atoms with Gasteiger partial charge in [0, 0.05) is 57.2 Å². The minimum atomic E-state index is -0.574. The van der Waals surface area contributed by atoms with Crippen LogP contribution in [0.5, 0.6) is 0 Å². The summed E-state index contributed by atoms with van der Waals surface area (Å²) in [5.74, 6) is -0.527. The van der Waals surface area contributed by atoms with E-state index in [4.69, 9.17) is 33.0 Å². The summed E-state index contributed by atoms with van der Waals surface area (Å²) in [5, 5.41) is 16.4. The van der Waals surface area contributed by atoms with Crippen molar-refractivity contribution < 1.29 is 19.1 Å². The maximum absolute atomic E-state index is 13.4. The van der Waals surface area contributed by atoms with Gasteiger partial charge in [-0.05, 0) is 106 Å². The van der Waals surface area contributed by atoms with Gasteiger partial charge in [0.05, 0.1) is 22.0 Å². The number of ether oxygens (including phenoxy) is 1. The van der Waals surface area contributed by atoms with Gasteiger partial charge in [0.1, 0.15) is 42.3 Å². The number of carbonyl (C=O) groups is 3. The van der Waals surface area contributed by atoms with Crippen molar-refractivity contribution in [2.75, 3.05) is 36.1 Å². The Balaban J connectivity index is 0.831. The summed E-state index contributed by atoms with van der Waals surface area (Å²) < 4.78 is 7.32. The normalized spacial score (nSPS) is 11.5. The molecule has 0 unspecified atom stereocenters. The number of halogens is 2. The van der Waals surface area contributed by atoms with Gasteiger partial charge in [-0.2, -0.15) is 5.10 Å². The Morgan fingerprint density at radius 1 is 0.734 bits per heavy atom.